The Bertz CT molecular complexity index is 1810. The van der Waals surface area contributed by atoms with Crippen LogP contribution in [0.4, 0.5) is 0 Å². The second kappa shape index (κ2) is 15.7. The van der Waals surface area contributed by atoms with Crippen molar-refractivity contribution in [2.24, 2.45) is 21.7 Å². The quantitative estimate of drug-likeness (QED) is 0.183. The van der Waals surface area contributed by atoms with Crippen LogP contribution in [0, 0.1) is 21.7 Å². The lowest BCUT2D eigenvalue weighted by atomic mass is 9.93. The van der Waals surface area contributed by atoms with Gasteiger partial charge in [-0.05, 0) is 112 Å². The van der Waals surface area contributed by atoms with E-state index in [-0.39, 0.29) is 5.88 Å². The third-order valence-corrected chi connectivity index (χ3v) is 8.13. The molecule has 0 saturated carbocycles. The van der Waals surface area contributed by atoms with E-state index >= 15 is 0 Å². The largest absolute Gasteiger partial charge is 0.462 e. The number of H-pyrrole nitrogens is 1. The summed E-state index contributed by atoms with van der Waals surface area (Å²) in [6.07, 6.45) is 0.110. The van der Waals surface area contributed by atoms with Gasteiger partial charge < -0.3 is 28.4 Å². The molecule has 0 spiro atoms. The van der Waals surface area contributed by atoms with Crippen LogP contribution < -0.4 is 4.74 Å². The van der Waals surface area contributed by atoms with Gasteiger partial charge >= 0.3 is 23.9 Å². The molecule has 3 aromatic rings. The first-order valence-corrected chi connectivity index (χ1v) is 17.6. The number of carbonyl (C=O) groups excluding carboxylic acids is 4. The Morgan fingerprint density at radius 1 is 0.698 bits per heavy atom. The summed E-state index contributed by atoms with van der Waals surface area (Å²) in [6.45, 7) is 19.6. The third-order valence-electron chi connectivity index (χ3n) is 8.13. The molecule has 13 heteroatoms. The molecule has 1 aromatic carbocycles. The molecule has 0 radical (unpaired) electrons. The number of fused-ring (bicyclic) bond motifs is 1. The van der Waals surface area contributed by atoms with Crippen molar-refractivity contribution in [3.8, 4) is 5.88 Å². The predicted molar refractivity (Wildman–Crippen MR) is 197 cm³/mol. The normalized spacial score (nSPS) is 21.2. The number of hydrogen-bond acceptors (Lipinski definition) is 12. The highest BCUT2D eigenvalue weighted by molar-refractivity contribution is 5.94. The van der Waals surface area contributed by atoms with Gasteiger partial charge in [-0.2, -0.15) is 0 Å². The summed E-state index contributed by atoms with van der Waals surface area (Å²) in [5.41, 5.74) is -1.61. The number of pyridine rings is 1. The highest BCUT2D eigenvalue weighted by atomic mass is 16.7. The summed E-state index contributed by atoms with van der Waals surface area (Å²) in [7, 11) is 0. The molecule has 3 heterocycles. The van der Waals surface area contributed by atoms with Gasteiger partial charge in [0.15, 0.2) is 12.2 Å². The van der Waals surface area contributed by atoms with E-state index in [2.05, 4.69) is 15.2 Å². The number of hydrogen-bond donors (Lipinski definition) is 1. The Morgan fingerprint density at radius 3 is 1.77 bits per heavy atom. The van der Waals surface area contributed by atoms with Gasteiger partial charge in [-0.15, -0.1) is 5.10 Å². The van der Waals surface area contributed by atoms with Crippen LogP contribution in [-0.4, -0.2) is 76.4 Å². The van der Waals surface area contributed by atoms with Crippen molar-refractivity contribution in [2.75, 3.05) is 6.61 Å². The van der Waals surface area contributed by atoms with E-state index in [1.54, 1.807) is 95.5 Å². The summed E-state index contributed by atoms with van der Waals surface area (Å²) in [5.74, 6) is -2.45. The maximum atomic E-state index is 13.6. The number of benzene rings is 1. The number of rotatable bonds is 9. The smallest absolute Gasteiger partial charge is 0.311 e. The SMILES string of the molecule is CC(C)(C)C(=O)OC[C@H]1O[C@@H](Oc2n[nH]c3cccc(/C=C/c4ccncc4)c23)[C@H](OC(=O)C(C)(C)C)[C@@H](OC(=O)C(C)(C)C)[C@@H]1OC(=O)C(C)(C)C. The zero-order valence-corrected chi connectivity index (χ0v) is 32.8. The summed E-state index contributed by atoms with van der Waals surface area (Å²) in [5, 5.41) is 7.99. The van der Waals surface area contributed by atoms with Gasteiger partial charge in [-0.25, -0.2) is 0 Å². The number of carbonyl (C=O) groups is 4. The standard InChI is InChI=1S/C40H53N3O10/c1-37(2,3)33(44)48-22-26-28(50-34(45)38(4,5)6)29(51-35(46)39(7,8)9)30(52-36(47)40(10,11)12)32(49-26)53-31-27-24(14-13-15-25(27)42-43-31)17-16-23-18-20-41-21-19-23/h13-21,26,28-30,32H,22H2,1-12H3,(H,42,43)/b17-16+/t26-,28-,29+,30-,32+/m1/s1. The van der Waals surface area contributed by atoms with E-state index in [4.69, 9.17) is 28.4 Å². The van der Waals surface area contributed by atoms with Crippen LogP contribution in [0.3, 0.4) is 0 Å². The lowest BCUT2D eigenvalue weighted by Gasteiger charge is -2.45. The average molecular weight is 736 g/mol. The number of esters is 4. The predicted octanol–water partition coefficient (Wildman–Crippen LogP) is 6.70. The van der Waals surface area contributed by atoms with Gasteiger partial charge in [0.2, 0.25) is 18.3 Å². The van der Waals surface area contributed by atoms with Gasteiger partial charge in [0.25, 0.3) is 0 Å². The fraction of sp³-hybridized carbons (Fsp3) is 0.550. The molecule has 13 nitrogen and oxygen atoms in total. The first-order chi connectivity index (χ1) is 24.5. The van der Waals surface area contributed by atoms with Crippen molar-refractivity contribution < 1.29 is 47.6 Å². The molecule has 0 unspecified atom stereocenters. The molecule has 1 aliphatic rings. The van der Waals surface area contributed by atoms with E-state index in [1.165, 1.54) is 0 Å². The van der Waals surface area contributed by atoms with Crippen LogP contribution in [0.1, 0.15) is 94.2 Å². The number of nitrogens with one attached hydrogen (secondary N) is 1. The topological polar surface area (TPSA) is 165 Å². The molecule has 1 N–H and O–H groups in total. The first kappa shape index (κ1) is 41.0. The minimum Gasteiger partial charge on any atom is -0.462 e. The molecule has 1 saturated heterocycles. The van der Waals surface area contributed by atoms with E-state index in [0.29, 0.717) is 10.9 Å². The summed E-state index contributed by atoms with van der Waals surface area (Å²) in [6, 6.07) is 9.29. The molecule has 4 rings (SSSR count). The van der Waals surface area contributed by atoms with Crippen molar-refractivity contribution in [3.05, 3.63) is 53.9 Å². The third kappa shape index (κ3) is 10.4. The van der Waals surface area contributed by atoms with Gasteiger partial charge in [0, 0.05) is 12.4 Å². The molecule has 53 heavy (non-hydrogen) atoms. The molecule has 0 amide bonds. The zero-order chi connectivity index (χ0) is 39.5. The molecule has 1 fully saturated rings. The van der Waals surface area contributed by atoms with Gasteiger partial charge in [0.1, 0.15) is 12.7 Å². The summed E-state index contributed by atoms with van der Waals surface area (Å²) >= 11 is 0. The Labute approximate surface area is 311 Å². The maximum absolute atomic E-state index is 13.6. The van der Waals surface area contributed by atoms with E-state index < -0.39 is 82.8 Å². The number of aromatic amines is 1. The molecule has 5 atom stereocenters. The second-order valence-corrected chi connectivity index (χ2v) is 17.3. The Kier molecular flexibility index (Phi) is 12.1. The Morgan fingerprint density at radius 2 is 1.23 bits per heavy atom. The van der Waals surface area contributed by atoms with Crippen molar-refractivity contribution in [1.82, 2.24) is 15.2 Å². The van der Waals surface area contributed by atoms with Crippen molar-refractivity contribution in [1.29, 1.82) is 0 Å². The van der Waals surface area contributed by atoms with Gasteiger partial charge in [0.05, 0.1) is 32.6 Å². The summed E-state index contributed by atoms with van der Waals surface area (Å²) < 4.78 is 36.9. The zero-order valence-electron chi connectivity index (χ0n) is 32.8. The molecule has 288 valence electrons. The highest BCUT2D eigenvalue weighted by Crippen LogP contribution is 2.37. The van der Waals surface area contributed by atoms with Crippen LogP contribution in [0.25, 0.3) is 23.1 Å². The van der Waals surface area contributed by atoms with Crippen LogP contribution in [0.5, 0.6) is 5.88 Å². The van der Waals surface area contributed by atoms with Gasteiger partial charge in [-0.3, -0.25) is 29.3 Å². The van der Waals surface area contributed by atoms with Crippen LogP contribution in [0.15, 0.2) is 42.7 Å². The second-order valence-electron chi connectivity index (χ2n) is 17.3. The fourth-order valence-electron chi connectivity index (χ4n) is 4.85. The molecule has 0 aliphatic carbocycles. The molecular weight excluding hydrogens is 682 g/mol. The molecule has 2 aromatic heterocycles. The molecule has 0 bridgehead atoms. The van der Waals surface area contributed by atoms with Crippen LogP contribution in [-0.2, 0) is 42.9 Å². The van der Waals surface area contributed by atoms with Crippen molar-refractivity contribution in [3.63, 3.8) is 0 Å². The Balaban J connectivity index is 1.87. The van der Waals surface area contributed by atoms with E-state index in [9.17, 15) is 19.2 Å². The first-order valence-electron chi connectivity index (χ1n) is 17.6. The number of ether oxygens (including phenoxy) is 6. The minimum atomic E-state index is -1.49. The lowest BCUT2D eigenvalue weighted by molar-refractivity contribution is -0.294. The average Bonchev–Trinajstić information content (AvgIpc) is 3.46. The molecular formula is C40H53N3O10. The van der Waals surface area contributed by atoms with E-state index in [0.717, 1.165) is 11.1 Å². The number of aromatic nitrogens is 3. The molecule has 1 aliphatic heterocycles. The monoisotopic (exact) mass is 735 g/mol. The Hall–Kier alpha value is -4.78. The van der Waals surface area contributed by atoms with Crippen molar-refractivity contribution >= 4 is 46.9 Å². The van der Waals surface area contributed by atoms with E-state index in [1.807, 2.05) is 42.5 Å². The minimum absolute atomic E-state index is 0.0910. The number of nitrogens with zero attached hydrogens (tertiary/aromatic N) is 2. The highest BCUT2D eigenvalue weighted by Gasteiger charge is 2.56. The lowest BCUT2D eigenvalue weighted by Crippen LogP contribution is -2.65. The van der Waals surface area contributed by atoms with Crippen molar-refractivity contribution in [2.45, 2.75) is 114 Å². The van der Waals surface area contributed by atoms with Crippen LogP contribution >= 0.6 is 0 Å². The maximum Gasteiger partial charge on any atom is 0.311 e. The van der Waals surface area contributed by atoms with Gasteiger partial charge in [-0.1, -0.05) is 24.3 Å². The summed E-state index contributed by atoms with van der Waals surface area (Å²) in [4.78, 5) is 57.8. The fourth-order valence-corrected chi connectivity index (χ4v) is 4.85. The van der Waals surface area contributed by atoms with Crippen LogP contribution in [0.2, 0.25) is 0 Å².